The van der Waals surface area contributed by atoms with E-state index in [1.807, 2.05) is 0 Å². The van der Waals surface area contributed by atoms with Crippen molar-refractivity contribution in [3.05, 3.63) is 42.1 Å². The zero-order valence-electron chi connectivity index (χ0n) is 14.9. The second-order valence-electron chi connectivity index (χ2n) is 5.16. The molecule has 2 aromatic rings. The van der Waals surface area contributed by atoms with Crippen LogP contribution in [0.15, 0.2) is 36.4 Å². The van der Waals surface area contributed by atoms with Gasteiger partial charge in [-0.25, -0.2) is 4.98 Å². The minimum Gasteiger partial charge on any atom is -0.405 e. The largest absolute Gasteiger partial charge is 0.433 e. The van der Waals surface area contributed by atoms with Crippen molar-refractivity contribution in [3.8, 4) is 5.88 Å². The van der Waals surface area contributed by atoms with Crippen LogP contribution in [0.4, 0.5) is 24.8 Å². The van der Waals surface area contributed by atoms with E-state index in [9.17, 15) is 13.2 Å². The summed E-state index contributed by atoms with van der Waals surface area (Å²) in [7, 11) is 1.55. The molecule has 6 nitrogen and oxygen atoms in total. The second-order valence-corrected chi connectivity index (χ2v) is 8.09. The van der Waals surface area contributed by atoms with Crippen molar-refractivity contribution in [1.82, 2.24) is 9.97 Å². The topological polar surface area (TPSA) is 56.7 Å². The van der Waals surface area contributed by atoms with Crippen LogP contribution in [0.25, 0.3) is 0 Å². The molecule has 0 atom stereocenters. The number of rotatable bonds is 8. The van der Waals surface area contributed by atoms with Gasteiger partial charge in [0.2, 0.25) is 11.8 Å². The molecule has 1 aromatic carbocycles. The highest BCUT2D eigenvalue weighted by Gasteiger charge is 2.35. The number of benzene rings is 1. The molecule has 0 fully saturated rings. The van der Waals surface area contributed by atoms with Gasteiger partial charge in [-0.2, -0.15) is 18.2 Å². The van der Waals surface area contributed by atoms with Crippen LogP contribution in [-0.2, 0) is 27.0 Å². The maximum absolute atomic E-state index is 13.3. The van der Waals surface area contributed by atoms with Gasteiger partial charge in [0.1, 0.15) is 0 Å². The van der Waals surface area contributed by atoms with Crippen LogP contribution in [0.5, 0.6) is 5.88 Å². The third kappa shape index (κ3) is 5.87. The number of para-hydroxylation sites is 1. The van der Waals surface area contributed by atoms with Crippen molar-refractivity contribution in [3.63, 3.8) is 0 Å². The fourth-order valence-corrected chi connectivity index (χ4v) is 4.04. The minimum atomic E-state index is -4.69. The van der Waals surface area contributed by atoms with Crippen molar-refractivity contribution >= 4 is 30.2 Å². The molecule has 0 unspecified atom stereocenters. The molecular formula is C16H19F3N3O3PS. The first-order valence-electron chi connectivity index (χ1n) is 8.02. The van der Waals surface area contributed by atoms with Gasteiger partial charge >= 0.3 is 12.9 Å². The zero-order valence-corrected chi connectivity index (χ0v) is 16.6. The Balaban J connectivity index is 2.47. The summed E-state index contributed by atoms with van der Waals surface area (Å²) in [5.41, 5.74) is -0.545. The van der Waals surface area contributed by atoms with Crippen LogP contribution in [0.3, 0.4) is 0 Å². The zero-order chi connectivity index (χ0) is 20.1. The fraction of sp³-hybridized carbons (Fsp3) is 0.375. The number of alkyl halides is 3. The van der Waals surface area contributed by atoms with Crippen molar-refractivity contribution < 1.29 is 26.7 Å². The lowest BCUT2D eigenvalue weighted by atomic mass is 10.3. The molecule has 11 heteroatoms. The normalized spacial score (nSPS) is 12.1. The van der Waals surface area contributed by atoms with Crippen molar-refractivity contribution in [2.75, 3.05) is 25.2 Å². The first-order valence-corrected chi connectivity index (χ1v) is 10.6. The molecular weight excluding hydrogens is 402 g/mol. The third-order valence-electron chi connectivity index (χ3n) is 3.20. The SMILES string of the molecule is CCOP(=S)(OCC)Oc1cc(C(F)(F)F)nc(N(C)c2ccccc2)n1. The summed E-state index contributed by atoms with van der Waals surface area (Å²) >= 11 is 5.21. The molecule has 0 N–H and O–H groups in total. The quantitative estimate of drug-likeness (QED) is 0.560. The van der Waals surface area contributed by atoms with Crippen LogP contribution in [-0.4, -0.2) is 30.2 Å². The highest BCUT2D eigenvalue weighted by atomic mass is 32.5. The van der Waals surface area contributed by atoms with E-state index in [0.717, 1.165) is 0 Å². The van der Waals surface area contributed by atoms with Crippen LogP contribution in [0.1, 0.15) is 19.5 Å². The Labute approximate surface area is 160 Å². The van der Waals surface area contributed by atoms with Gasteiger partial charge < -0.3 is 9.42 Å². The molecule has 0 bridgehead atoms. The van der Waals surface area contributed by atoms with Gasteiger partial charge in [0.05, 0.1) is 13.2 Å². The molecule has 148 valence electrons. The predicted octanol–water partition coefficient (Wildman–Crippen LogP) is 4.94. The Morgan fingerprint density at radius 3 is 2.19 bits per heavy atom. The highest BCUT2D eigenvalue weighted by molar-refractivity contribution is 8.07. The van der Waals surface area contributed by atoms with Crippen LogP contribution >= 0.6 is 6.72 Å². The van der Waals surface area contributed by atoms with Crippen molar-refractivity contribution in [2.45, 2.75) is 20.0 Å². The second kappa shape index (κ2) is 8.97. The van der Waals surface area contributed by atoms with Crippen LogP contribution in [0, 0.1) is 0 Å². The van der Waals surface area contributed by atoms with Crippen molar-refractivity contribution in [2.24, 2.45) is 0 Å². The lowest BCUT2D eigenvalue weighted by Crippen LogP contribution is -2.17. The predicted molar refractivity (Wildman–Crippen MR) is 99.7 cm³/mol. The average Bonchev–Trinajstić information content (AvgIpc) is 2.61. The van der Waals surface area contributed by atoms with E-state index in [2.05, 4.69) is 9.97 Å². The van der Waals surface area contributed by atoms with Gasteiger partial charge in [-0.3, -0.25) is 9.05 Å². The Hall–Kier alpha value is -1.74. The van der Waals surface area contributed by atoms with Gasteiger partial charge in [0.15, 0.2) is 5.69 Å². The van der Waals surface area contributed by atoms with E-state index in [-0.39, 0.29) is 25.0 Å². The number of aromatic nitrogens is 2. The number of hydrogen-bond donors (Lipinski definition) is 0. The van der Waals surface area contributed by atoms with Crippen LogP contribution < -0.4 is 9.42 Å². The number of halogens is 3. The van der Waals surface area contributed by atoms with E-state index >= 15 is 0 Å². The van der Waals surface area contributed by atoms with E-state index in [0.29, 0.717) is 11.8 Å². The smallest absolute Gasteiger partial charge is 0.405 e. The maximum atomic E-state index is 13.3. The molecule has 0 aliphatic heterocycles. The van der Waals surface area contributed by atoms with Gasteiger partial charge in [-0.1, -0.05) is 18.2 Å². The molecule has 0 aliphatic carbocycles. The van der Waals surface area contributed by atoms with Gasteiger partial charge in [0.25, 0.3) is 0 Å². The summed E-state index contributed by atoms with van der Waals surface area (Å²) in [5, 5.41) is 0. The molecule has 1 aromatic heterocycles. The van der Waals surface area contributed by atoms with E-state index in [4.69, 9.17) is 25.4 Å². The summed E-state index contributed by atoms with van der Waals surface area (Å²) in [6, 6.07) is 9.41. The molecule has 27 heavy (non-hydrogen) atoms. The molecule has 0 amide bonds. The van der Waals surface area contributed by atoms with Gasteiger partial charge in [-0.15, -0.1) is 0 Å². The minimum absolute atomic E-state index is 0.186. The van der Waals surface area contributed by atoms with E-state index < -0.39 is 18.6 Å². The number of nitrogens with zero attached hydrogens (tertiary/aromatic N) is 3. The number of anilines is 2. The summed E-state index contributed by atoms with van der Waals surface area (Å²) in [5.74, 6) is -0.555. The summed E-state index contributed by atoms with van der Waals surface area (Å²) in [6.45, 7) is 0.453. The Morgan fingerprint density at radius 1 is 1.07 bits per heavy atom. The van der Waals surface area contributed by atoms with E-state index in [1.165, 1.54) is 4.90 Å². The first-order chi connectivity index (χ1) is 12.7. The van der Waals surface area contributed by atoms with Gasteiger partial charge in [0, 0.05) is 30.6 Å². The summed E-state index contributed by atoms with van der Waals surface area (Å²) < 4.78 is 56.0. The molecule has 0 saturated heterocycles. The summed E-state index contributed by atoms with van der Waals surface area (Å²) in [6.07, 6.45) is -4.69. The maximum Gasteiger partial charge on any atom is 0.433 e. The monoisotopic (exact) mass is 421 g/mol. The molecule has 0 aliphatic rings. The lowest BCUT2D eigenvalue weighted by Gasteiger charge is -2.23. The molecule has 0 radical (unpaired) electrons. The molecule has 0 spiro atoms. The fourth-order valence-electron chi connectivity index (χ4n) is 2.04. The first kappa shape index (κ1) is 21.6. The van der Waals surface area contributed by atoms with Crippen LogP contribution in [0.2, 0.25) is 0 Å². The molecule has 0 saturated carbocycles. The lowest BCUT2D eigenvalue weighted by molar-refractivity contribution is -0.141. The van der Waals surface area contributed by atoms with E-state index in [1.54, 1.807) is 51.2 Å². The third-order valence-corrected chi connectivity index (χ3v) is 5.62. The van der Waals surface area contributed by atoms with Gasteiger partial charge in [-0.05, 0) is 26.0 Å². The Bertz CT molecular complexity index is 798. The number of hydrogen-bond acceptors (Lipinski definition) is 7. The average molecular weight is 421 g/mol. The highest BCUT2D eigenvalue weighted by Crippen LogP contribution is 2.50. The Morgan fingerprint density at radius 2 is 1.67 bits per heavy atom. The standard InChI is InChI=1S/C16H19F3N3O3PS/c1-4-23-26(27,24-5-2)25-14-11-13(16(17,18)19)20-15(21-14)22(3)12-9-7-6-8-10-12/h6-11H,4-5H2,1-3H3. The van der Waals surface area contributed by atoms with Crippen molar-refractivity contribution in [1.29, 1.82) is 0 Å². The Kier molecular flexibility index (Phi) is 7.16. The molecule has 1 heterocycles. The summed E-state index contributed by atoms with van der Waals surface area (Å²) in [4.78, 5) is 9.09. The molecule has 2 rings (SSSR count).